The van der Waals surface area contributed by atoms with Crippen molar-refractivity contribution < 1.29 is 25.2 Å². The third-order valence-corrected chi connectivity index (χ3v) is 1.85. The van der Waals surface area contributed by atoms with Crippen LogP contribution in [0.5, 0.6) is 0 Å². The third kappa shape index (κ3) is 12.9. The van der Waals surface area contributed by atoms with Crippen LogP contribution in [0.3, 0.4) is 0 Å². The molecule has 9 heteroatoms. The molecule has 0 saturated carbocycles. The van der Waals surface area contributed by atoms with E-state index in [1.165, 1.54) is 5.56 Å². The van der Waals surface area contributed by atoms with E-state index in [1.807, 2.05) is 12.1 Å². The fourth-order valence-electron chi connectivity index (χ4n) is 1.03. The van der Waals surface area contributed by atoms with E-state index in [4.69, 9.17) is 5.39 Å². The number of nitrogens with zero attached hydrogens (tertiary/aromatic N) is 2. The van der Waals surface area contributed by atoms with Gasteiger partial charge in [0.2, 0.25) is 5.39 Å². The molecule has 19 heavy (non-hydrogen) atoms. The second-order valence-corrected chi connectivity index (χ2v) is 6.77. The predicted molar refractivity (Wildman–Crippen MR) is 63.5 cm³/mol. The van der Waals surface area contributed by atoms with Crippen LogP contribution in [0.4, 0.5) is 30.9 Å². The van der Waals surface area contributed by atoms with Crippen LogP contribution < -0.4 is 0 Å². The molecule has 0 aromatic heterocycles. The van der Waals surface area contributed by atoms with E-state index in [2.05, 4.69) is 25.7 Å². The van der Waals surface area contributed by atoms with E-state index in [-0.39, 0.29) is 5.41 Å². The molecule has 0 bridgehead atoms. The van der Waals surface area contributed by atoms with Crippen molar-refractivity contribution in [2.75, 3.05) is 0 Å². The van der Waals surface area contributed by atoms with Crippen molar-refractivity contribution in [1.29, 1.82) is 5.39 Å². The van der Waals surface area contributed by atoms with E-state index >= 15 is 0 Å². The zero-order valence-corrected chi connectivity index (χ0v) is 11.3. The number of benzene rings is 1. The summed E-state index contributed by atoms with van der Waals surface area (Å²) >= 11 is 0. The van der Waals surface area contributed by atoms with Gasteiger partial charge in [-0.15, -0.1) is 0 Å². The molecule has 0 unspecified atom stereocenters. The Bertz CT molecular complexity index is 466. The number of diazo groups is 1. The molecule has 0 atom stereocenters. The van der Waals surface area contributed by atoms with Gasteiger partial charge in [0.1, 0.15) is 0 Å². The van der Waals surface area contributed by atoms with Crippen LogP contribution in [0, 0.1) is 5.39 Å². The molecule has 0 saturated heterocycles. The number of hydrogen-bond donors (Lipinski definition) is 0. The first-order valence-corrected chi connectivity index (χ1v) is 7.04. The molecule has 0 aliphatic rings. The van der Waals surface area contributed by atoms with Gasteiger partial charge in [0.25, 0.3) is 0 Å². The Morgan fingerprint density at radius 3 is 1.42 bits per heavy atom. The molecule has 0 radical (unpaired) electrons. The Morgan fingerprint density at radius 1 is 0.895 bits per heavy atom. The molecule has 2 nitrogen and oxygen atoms in total. The van der Waals surface area contributed by atoms with Crippen molar-refractivity contribution >= 4 is 13.5 Å². The van der Waals surface area contributed by atoms with E-state index in [1.54, 1.807) is 12.1 Å². The Balaban J connectivity index is 0.000000399. The van der Waals surface area contributed by atoms with Crippen LogP contribution in [0.15, 0.2) is 24.3 Å². The average molecular weight is 306 g/mol. The van der Waals surface area contributed by atoms with Crippen LogP contribution in [-0.4, -0.2) is 0 Å². The molecule has 0 amide bonds. The molecule has 0 spiro atoms. The van der Waals surface area contributed by atoms with Gasteiger partial charge >= 0.3 is 38.7 Å². The van der Waals surface area contributed by atoms with E-state index in [9.17, 15) is 25.2 Å². The van der Waals surface area contributed by atoms with Gasteiger partial charge in [-0.25, -0.2) is 0 Å². The molecule has 1 rings (SSSR count). The molecular weight excluding hydrogens is 293 g/mol. The molecule has 1 aromatic carbocycles. The summed E-state index contributed by atoms with van der Waals surface area (Å²) in [5, 5.41) is 8.46. The average Bonchev–Trinajstić information content (AvgIpc) is 2.11. The van der Waals surface area contributed by atoms with Crippen molar-refractivity contribution in [2.45, 2.75) is 26.2 Å². The fourth-order valence-corrected chi connectivity index (χ4v) is 1.03. The summed E-state index contributed by atoms with van der Waals surface area (Å²) in [6.45, 7) is 6.45. The topological polar surface area (TPSA) is 28.1 Å². The standard InChI is InChI=1S/C10H13N2.F6P/c1-10(2,3)8-4-6-9(12-11)7-5-8;1-7(2,3,4,5)6/h4-7H,1-3H3;/q+1;-1. The summed E-state index contributed by atoms with van der Waals surface area (Å²) in [5.74, 6) is 0. The molecule has 1 aromatic rings. The number of rotatable bonds is 0. The Labute approximate surface area is 106 Å². The van der Waals surface area contributed by atoms with Gasteiger partial charge in [-0.2, -0.15) is 0 Å². The van der Waals surface area contributed by atoms with Crippen molar-refractivity contribution in [3.05, 3.63) is 34.8 Å². The monoisotopic (exact) mass is 306 g/mol. The second kappa shape index (κ2) is 4.34. The quantitative estimate of drug-likeness (QED) is 0.292. The number of hydrogen-bond acceptors (Lipinski definition) is 1. The maximum absolute atomic E-state index is 10.7. The third-order valence-electron chi connectivity index (χ3n) is 1.85. The first-order chi connectivity index (χ1) is 7.99. The van der Waals surface area contributed by atoms with Crippen LogP contribution in [0.1, 0.15) is 26.3 Å². The van der Waals surface area contributed by atoms with Crippen LogP contribution >= 0.6 is 7.81 Å². The summed E-state index contributed by atoms with van der Waals surface area (Å²) in [6.07, 6.45) is 0. The predicted octanol–water partition coefficient (Wildman–Crippen LogP) is 6.85. The van der Waals surface area contributed by atoms with Crippen molar-refractivity contribution in [2.24, 2.45) is 0 Å². The van der Waals surface area contributed by atoms with Gasteiger partial charge < -0.3 is 0 Å². The van der Waals surface area contributed by atoms with Gasteiger partial charge in [0.15, 0.2) is 4.98 Å². The maximum atomic E-state index is 9.87. The first-order valence-electron chi connectivity index (χ1n) is 5.01. The molecule has 0 aliphatic heterocycles. The fraction of sp³-hybridized carbons (Fsp3) is 0.400. The van der Waals surface area contributed by atoms with Gasteiger partial charge in [0.05, 0.1) is 0 Å². The molecule has 0 N–H and O–H groups in total. The summed E-state index contributed by atoms with van der Waals surface area (Å²) < 4.78 is 59.2. The summed E-state index contributed by atoms with van der Waals surface area (Å²) in [7, 11) is -10.7. The van der Waals surface area contributed by atoms with E-state index in [0.29, 0.717) is 5.69 Å². The summed E-state index contributed by atoms with van der Waals surface area (Å²) in [6, 6.07) is 7.57. The van der Waals surface area contributed by atoms with Gasteiger partial charge in [-0.05, 0) is 11.0 Å². The summed E-state index contributed by atoms with van der Waals surface area (Å²) in [4.78, 5) is 3.09. The Kier molecular flexibility index (Phi) is 4.03. The van der Waals surface area contributed by atoms with Crippen LogP contribution in [0.25, 0.3) is 4.98 Å². The van der Waals surface area contributed by atoms with Crippen molar-refractivity contribution in [1.82, 2.24) is 0 Å². The van der Waals surface area contributed by atoms with Gasteiger partial charge in [0, 0.05) is 12.1 Å². The Morgan fingerprint density at radius 2 is 1.21 bits per heavy atom. The molecular formula is C10H13F6N2P. The van der Waals surface area contributed by atoms with Crippen molar-refractivity contribution in [3.63, 3.8) is 0 Å². The van der Waals surface area contributed by atoms with E-state index in [0.717, 1.165) is 0 Å². The molecule has 0 fully saturated rings. The summed E-state index contributed by atoms with van der Waals surface area (Å²) in [5.41, 5.74) is 2.01. The minimum absolute atomic E-state index is 0.161. The second-order valence-electron chi connectivity index (χ2n) is 4.86. The van der Waals surface area contributed by atoms with Gasteiger partial charge in [-0.1, -0.05) is 32.9 Å². The molecule has 0 aliphatic carbocycles. The van der Waals surface area contributed by atoms with Crippen LogP contribution in [-0.2, 0) is 5.41 Å². The minimum atomic E-state index is -10.7. The van der Waals surface area contributed by atoms with Crippen LogP contribution in [0.2, 0.25) is 0 Å². The SMILES string of the molecule is CC(C)(C)c1ccc([N+]#N)cc1.F[P-](F)(F)(F)(F)F. The van der Waals surface area contributed by atoms with Gasteiger partial charge in [-0.3, -0.25) is 0 Å². The molecule has 110 valence electrons. The Hall–Kier alpha value is -1.35. The zero-order valence-electron chi connectivity index (χ0n) is 10.4. The van der Waals surface area contributed by atoms with Crippen molar-refractivity contribution in [3.8, 4) is 0 Å². The van der Waals surface area contributed by atoms with E-state index < -0.39 is 7.81 Å². The first kappa shape index (κ1) is 17.6. The number of halogens is 6. The normalized spacial score (nSPS) is 15.4. The molecule has 0 heterocycles. The zero-order chi connectivity index (χ0) is 15.6.